The van der Waals surface area contributed by atoms with Crippen molar-refractivity contribution in [3.8, 4) is 0 Å². The largest absolute Gasteiger partial charge is 0.361 e. The van der Waals surface area contributed by atoms with E-state index in [1.165, 1.54) is 16.5 Å². The minimum absolute atomic E-state index is 0.678. The molecule has 0 spiro atoms. The van der Waals surface area contributed by atoms with Crippen molar-refractivity contribution in [3.05, 3.63) is 47.7 Å². The van der Waals surface area contributed by atoms with Gasteiger partial charge in [-0.05, 0) is 31.4 Å². The number of aromatic amines is 1. The number of aromatic nitrogens is 3. The molecule has 7 nitrogen and oxygen atoms in total. The molecule has 132 valence electrons. The standard InChI is InChI=1S/C18H24N6O/c1-13-23-17(25-24-13)8-5-10-20-18(19-2)21-11-9-14-12-22-16-7-4-3-6-15(14)16/h3-4,6-7,12,22H,5,8-11H2,1-2H3,(H2,19,20,21). The average molecular weight is 340 g/mol. The fourth-order valence-electron chi connectivity index (χ4n) is 2.76. The number of rotatable bonds is 7. The number of aliphatic imine (C=N–C) groups is 1. The maximum absolute atomic E-state index is 5.10. The summed E-state index contributed by atoms with van der Waals surface area (Å²) in [5.41, 5.74) is 2.49. The van der Waals surface area contributed by atoms with Gasteiger partial charge in [-0.25, -0.2) is 0 Å². The third-order valence-corrected chi connectivity index (χ3v) is 4.01. The molecule has 0 radical (unpaired) electrons. The molecule has 0 bridgehead atoms. The van der Waals surface area contributed by atoms with E-state index in [1.807, 2.05) is 13.0 Å². The molecule has 0 fully saturated rings. The van der Waals surface area contributed by atoms with E-state index in [1.54, 1.807) is 7.05 Å². The Bertz CT molecular complexity index is 835. The van der Waals surface area contributed by atoms with Crippen molar-refractivity contribution in [2.45, 2.75) is 26.2 Å². The second kappa shape index (κ2) is 8.32. The Kier molecular flexibility index (Phi) is 5.66. The number of nitrogens with zero attached hydrogens (tertiary/aromatic N) is 3. The molecule has 0 amide bonds. The smallest absolute Gasteiger partial charge is 0.226 e. The predicted molar refractivity (Wildman–Crippen MR) is 98.7 cm³/mol. The van der Waals surface area contributed by atoms with E-state index in [0.717, 1.165) is 38.3 Å². The van der Waals surface area contributed by atoms with Crippen LogP contribution in [0.5, 0.6) is 0 Å². The van der Waals surface area contributed by atoms with E-state index in [9.17, 15) is 0 Å². The molecule has 3 rings (SSSR count). The van der Waals surface area contributed by atoms with Crippen LogP contribution in [0.3, 0.4) is 0 Å². The van der Waals surface area contributed by atoms with Crippen molar-refractivity contribution < 1.29 is 4.52 Å². The number of hydrogen-bond donors (Lipinski definition) is 3. The number of nitrogens with one attached hydrogen (secondary N) is 3. The van der Waals surface area contributed by atoms with Crippen LogP contribution < -0.4 is 10.6 Å². The molecule has 3 N–H and O–H groups in total. The van der Waals surface area contributed by atoms with Crippen LogP contribution in [0, 0.1) is 6.92 Å². The molecule has 25 heavy (non-hydrogen) atoms. The van der Waals surface area contributed by atoms with E-state index in [2.05, 4.69) is 55.1 Å². The Labute approximate surface area is 146 Å². The molecule has 0 aliphatic rings. The predicted octanol–water partition coefficient (Wildman–Crippen LogP) is 2.20. The maximum atomic E-state index is 5.10. The Morgan fingerprint density at radius 1 is 1.20 bits per heavy atom. The molecule has 0 aliphatic carbocycles. The zero-order valence-corrected chi connectivity index (χ0v) is 14.7. The van der Waals surface area contributed by atoms with Gasteiger partial charge in [-0.2, -0.15) is 4.98 Å². The first kappa shape index (κ1) is 17.0. The van der Waals surface area contributed by atoms with Crippen LogP contribution in [0.2, 0.25) is 0 Å². The molecule has 0 unspecified atom stereocenters. The summed E-state index contributed by atoms with van der Waals surface area (Å²) in [6.45, 7) is 3.45. The van der Waals surface area contributed by atoms with Gasteiger partial charge >= 0.3 is 0 Å². The number of para-hydroxylation sites is 1. The van der Waals surface area contributed by atoms with E-state index in [-0.39, 0.29) is 0 Å². The first-order valence-electron chi connectivity index (χ1n) is 8.55. The number of hydrogen-bond acceptors (Lipinski definition) is 4. The van der Waals surface area contributed by atoms with E-state index in [0.29, 0.717) is 11.7 Å². The maximum Gasteiger partial charge on any atom is 0.226 e. The topological polar surface area (TPSA) is 91.1 Å². The van der Waals surface area contributed by atoms with Crippen molar-refractivity contribution >= 4 is 16.9 Å². The van der Waals surface area contributed by atoms with Crippen molar-refractivity contribution in [1.82, 2.24) is 25.8 Å². The first-order valence-corrected chi connectivity index (χ1v) is 8.55. The fourth-order valence-corrected chi connectivity index (χ4v) is 2.76. The van der Waals surface area contributed by atoms with Crippen LogP contribution in [0.25, 0.3) is 10.9 Å². The summed E-state index contributed by atoms with van der Waals surface area (Å²) in [6.07, 6.45) is 4.69. The monoisotopic (exact) mass is 340 g/mol. The van der Waals surface area contributed by atoms with Crippen LogP contribution in [0.15, 0.2) is 40.0 Å². The van der Waals surface area contributed by atoms with Gasteiger partial charge in [0.05, 0.1) is 0 Å². The second-order valence-corrected chi connectivity index (χ2v) is 5.87. The number of benzene rings is 1. The number of H-pyrrole nitrogens is 1. The van der Waals surface area contributed by atoms with E-state index < -0.39 is 0 Å². The molecule has 0 aliphatic heterocycles. The third kappa shape index (κ3) is 4.59. The quantitative estimate of drug-likeness (QED) is 0.348. The Balaban J connectivity index is 1.39. The SMILES string of the molecule is CN=C(NCCCc1nc(C)no1)NCCc1c[nH]c2ccccc12. The second-order valence-electron chi connectivity index (χ2n) is 5.87. The van der Waals surface area contributed by atoms with Gasteiger partial charge < -0.3 is 20.1 Å². The lowest BCUT2D eigenvalue weighted by molar-refractivity contribution is 0.372. The lowest BCUT2D eigenvalue weighted by Crippen LogP contribution is -2.38. The van der Waals surface area contributed by atoms with E-state index >= 15 is 0 Å². The summed E-state index contributed by atoms with van der Waals surface area (Å²) in [5.74, 6) is 2.17. The van der Waals surface area contributed by atoms with Crippen molar-refractivity contribution in [2.75, 3.05) is 20.1 Å². The molecule has 2 aromatic heterocycles. The summed E-state index contributed by atoms with van der Waals surface area (Å²) >= 11 is 0. The van der Waals surface area contributed by atoms with Crippen molar-refractivity contribution in [3.63, 3.8) is 0 Å². The van der Waals surface area contributed by atoms with Gasteiger partial charge in [-0.1, -0.05) is 23.4 Å². The minimum atomic E-state index is 0.678. The first-order chi connectivity index (χ1) is 12.3. The fraction of sp³-hybridized carbons (Fsp3) is 0.389. The lowest BCUT2D eigenvalue weighted by atomic mass is 10.1. The van der Waals surface area contributed by atoms with Crippen LogP contribution in [-0.2, 0) is 12.8 Å². The van der Waals surface area contributed by atoms with Crippen LogP contribution >= 0.6 is 0 Å². The van der Waals surface area contributed by atoms with Gasteiger partial charge in [-0.15, -0.1) is 0 Å². The normalized spacial score (nSPS) is 11.8. The summed E-state index contributed by atoms with van der Waals surface area (Å²) < 4.78 is 5.10. The number of guanidine groups is 1. The zero-order valence-electron chi connectivity index (χ0n) is 14.7. The van der Waals surface area contributed by atoms with Crippen LogP contribution in [-0.4, -0.2) is 41.2 Å². The highest BCUT2D eigenvalue weighted by Crippen LogP contribution is 2.17. The van der Waals surface area contributed by atoms with Gasteiger partial charge in [-0.3, -0.25) is 4.99 Å². The summed E-state index contributed by atoms with van der Waals surface area (Å²) in [6, 6.07) is 8.35. The van der Waals surface area contributed by atoms with Crippen LogP contribution in [0.1, 0.15) is 23.7 Å². The molecule has 2 heterocycles. The summed E-state index contributed by atoms with van der Waals surface area (Å²) in [5, 5.41) is 11.7. The molecule has 0 atom stereocenters. The minimum Gasteiger partial charge on any atom is -0.361 e. The molecule has 1 aromatic carbocycles. The van der Waals surface area contributed by atoms with Gasteiger partial charge in [0.25, 0.3) is 0 Å². The Morgan fingerprint density at radius 3 is 2.84 bits per heavy atom. The number of fused-ring (bicyclic) bond motifs is 1. The average Bonchev–Trinajstić information content (AvgIpc) is 3.23. The molecular formula is C18H24N6O. The molecule has 7 heteroatoms. The highest BCUT2D eigenvalue weighted by Gasteiger charge is 2.04. The van der Waals surface area contributed by atoms with Gasteiger partial charge in [0.1, 0.15) is 0 Å². The Hall–Kier alpha value is -2.83. The zero-order chi connectivity index (χ0) is 17.5. The van der Waals surface area contributed by atoms with Crippen LogP contribution in [0.4, 0.5) is 0 Å². The van der Waals surface area contributed by atoms with E-state index in [4.69, 9.17) is 4.52 Å². The Morgan fingerprint density at radius 2 is 2.04 bits per heavy atom. The number of aryl methyl sites for hydroxylation is 2. The molecular weight excluding hydrogens is 316 g/mol. The highest BCUT2D eigenvalue weighted by molar-refractivity contribution is 5.83. The molecule has 3 aromatic rings. The van der Waals surface area contributed by atoms with Crippen molar-refractivity contribution in [1.29, 1.82) is 0 Å². The molecule has 0 saturated heterocycles. The van der Waals surface area contributed by atoms with Crippen molar-refractivity contribution in [2.24, 2.45) is 4.99 Å². The van der Waals surface area contributed by atoms with Gasteiger partial charge in [0.2, 0.25) is 5.89 Å². The summed E-state index contributed by atoms with van der Waals surface area (Å²) in [7, 11) is 1.78. The molecule has 0 saturated carbocycles. The lowest BCUT2D eigenvalue weighted by Gasteiger charge is -2.11. The van der Waals surface area contributed by atoms with Gasteiger partial charge in [0.15, 0.2) is 11.8 Å². The highest BCUT2D eigenvalue weighted by atomic mass is 16.5. The third-order valence-electron chi connectivity index (χ3n) is 4.01. The van der Waals surface area contributed by atoms with Gasteiger partial charge in [0, 0.05) is 43.7 Å². The summed E-state index contributed by atoms with van der Waals surface area (Å²) in [4.78, 5) is 11.8.